The summed E-state index contributed by atoms with van der Waals surface area (Å²) in [4.78, 5) is 0. The second-order valence-electron chi connectivity index (χ2n) is 8.52. The second-order valence-corrected chi connectivity index (χ2v) is 8.52. The van der Waals surface area contributed by atoms with Gasteiger partial charge in [0.2, 0.25) is 0 Å². The molecule has 0 amide bonds. The smallest absolute Gasteiger partial charge is 0.0131 e. The minimum Gasteiger partial charge on any atom is -0.311 e. The molecule has 1 N–H and O–H groups in total. The van der Waals surface area contributed by atoms with Gasteiger partial charge in [0.1, 0.15) is 0 Å². The van der Waals surface area contributed by atoms with Crippen LogP contribution in [0.1, 0.15) is 79.1 Å². The van der Waals surface area contributed by atoms with Gasteiger partial charge in [0.25, 0.3) is 0 Å². The van der Waals surface area contributed by atoms with Crippen molar-refractivity contribution < 1.29 is 0 Å². The summed E-state index contributed by atoms with van der Waals surface area (Å²) in [6.45, 7) is 10.1. The first-order valence-corrected chi connectivity index (χ1v) is 8.71. The van der Waals surface area contributed by atoms with Crippen molar-refractivity contribution in [2.24, 2.45) is 22.7 Å². The maximum Gasteiger partial charge on any atom is 0.0131 e. The Bertz CT molecular complexity index is 329. The second kappa shape index (κ2) is 4.76. The quantitative estimate of drug-likeness (QED) is 0.774. The molecule has 3 aliphatic rings. The van der Waals surface area contributed by atoms with Gasteiger partial charge in [-0.1, -0.05) is 40.0 Å². The lowest BCUT2D eigenvalue weighted by atomic mass is 9.69. The third-order valence-corrected chi connectivity index (χ3v) is 7.62. The summed E-state index contributed by atoms with van der Waals surface area (Å²) >= 11 is 0. The Labute approximate surface area is 119 Å². The summed E-state index contributed by atoms with van der Waals surface area (Å²) in [5.74, 6) is 1.91. The van der Waals surface area contributed by atoms with E-state index in [2.05, 4.69) is 33.0 Å². The molecular weight excluding hydrogens is 230 g/mol. The summed E-state index contributed by atoms with van der Waals surface area (Å²) in [7, 11) is 0. The summed E-state index contributed by atoms with van der Waals surface area (Å²) in [5, 5.41) is 4.08. The van der Waals surface area contributed by atoms with Gasteiger partial charge in [-0.2, -0.15) is 0 Å². The number of hydrogen-bond acceptors (Lipinski definition) is 1. The number of hydrogen-bond donors (Lipinski definition) is 1. The lowest BCUT2D eigenvalue weighted by Gasteiger charge is -2.42. The van der Waals surface area contributed by atoms with Crippen LogP contribution in [-0.4, -0.2) is 12.1 Å². The van der Waals surface area contributed by atoms with Gasteiger partial charge in [-0.05, 0) is 61.7 Å². The van der Waals surface area contributed by atoms with E-state index >= 15 is 0 Å². The molecule has 3 aliphatic carbocycles. The van der Waals surface area contributed by atoms with Crippen LogP contribution in [0.15, 0.2) is 0 Å². The lowest BCUT2D eigenvalue weighted by molar-refractivity contribution is 0.108. The van der Waals surface area contributed by atoms with Crippen molar-refractivity contribution in [3.63, 3.8) is 0 Å². The highest BCUT2D eigenvalue weighted by Crippen LogP contribution is 2.65. The summed E-state index contributed by atoms with van der Waals surface area (Å²) in [5.41, 5.74) is 1.09. The van der Waals surface area contributed by atoms with Gasteiger partial charge in [-0.15, -0.1) is 0 Å². The first-order valence-electron chi connectivity index (χ1n) is 8.71. The van der Waals surface area contributed by atoms with Gasteiger partial charge in [0.15, 0.2) is 0 Å². The van der Waals surface area contributed by atoms with E-state index in [1.807, 2.05) is 0 Å². The lowest BCUT2D eigenvalue weighted by Crippen LogP contribution is -2.49. The van der Waals surface area contributed by atoms with Crippen molar-refractivity contribution in [1.29, 1.82) is 0 Å². The molecule has 3 saturated carbocycles. The third-order valence-electron chi connectivity index (χ3n) is 7.62. The summed E-state index contributed by atoms with van der Waals surface area (Å²) < 4.78 is 0. The zero-order valence-corrected chi connectivity index (χ0v) is 13.5. The predicted octanol–water partition coefficient (Wildman–Crippen LogP) is 4.76. The molecule has 0 aromatic rings. The van der Waals surface area contributed by atoms with E-state index in [9.17, 15) is 0 Å². The highest BCUT2D eigenvalue weighted by molar-refractivity contribution is 5.13. The molecule has 110 valence electrons. The first-order chi connectivity index (χ1) is 8.95. The molecule has 1 nitrogen and oxygen atoms in total. The molecule has 19 heavy (non-hydrogen) atoms. The number of rotatable bonds is 3. The molecule has 0 heterocycles. The van der Waals surface area contributed by atoms with Crippen LogP contribution >= 0.6 is 0 Å². The topological polar surface area (TPSA) is 12.0 Å². The Balaban J connectivity index is 1.65. The molecule has 0 saturated heterocycles. The van der Waals surface area contributed by atoms with Gasteiger partial charge in [-0.25, -0.2) is 0 Å². The van der Waals surface area contributed by atoms with Crippen LogP contribution in [-0.2, 0) is 0 Å². The first kappa shape index (κ1) is 13.9. The maximum absolute atomic E-state index is 4.08. The van der Waals surface area contributed by atoms with Crippen LogP contribution in [0.2, 0.25) is 0 Å². The molecule has 3 unspecified atom stereocenters. The fourth-order valence-corrected chi connectivity index (χ4v) is 5.54. The van der Waals surface area contributed by atoms with Gasteiger partial charge >= 0.3 is 0 Å². The fraction of sp³-hybridized carbons (Fsp3) is 1.00. The summed E-state index contributed by atoms with van der Waals surface area (Å²) in [6, 6.07) is 1.51. The van der Waals surface area contributed by atoms with Crippen molar-refractivity contribution >= 4 is 0 Å². The van der Waals surface area contributed by atoms with Crippen LogP contribution < -0.4 is 5.32 Å². The largest absolute Gasteiger partial charge is 0.311 e. The standard InChI is InChI=1S/C18H33N/c1-13(14-8-6-5-7-9-14)19-16-12-15-10-11-18(16,4)17(15,2)3/h13-16,19H,5-12H2,1-4H3/t13-,15?,16?,18?/m1/s1. The summed E-state index contributed by atoms with van der Waals surface area (Å²) in [6.07, 6.45) is 11.7. The molecule has 0 radical (unpaired) electrons. The van der Waals surface area contributed by atoms with Gasteiger partial charge in [0.05, 0.1) is 0 Å². The van der Waals surface area contributed by atoms with E-state index < -0.39 is 0 Å². The van der Waals surface area contributed by atoms with Gasteiger partial charge < -0.3 is 5.32 Å². The molecule has 3 rings (SSSR count). The SMILES string of the molecule is C[C@@H](NC1CC2CCC1(C)C2(C)C)C1CCCCC1. The molecule has 0 aromatic heterocycles. The van der Waals surface area contributed by atoms with Crippen LogP contribution in [0.5, 0.6) is 0 Å². The van der Waals surface area contributed by atoms with E-state index in [1.165, 1.54) is 51.4 Å². The normalized spacial score (nSPS) is 43.6. The molecule has 1 heteroatoms. The maximum atomic E-state index is 4.08. The van der Waals surface area contributed by atoms with Gasteiger partial charge in [0, 0.05) is 12.1 Å². The van der Waals surface area contributed by atoms with Crippen molar-refractivity contribution in [3.8, 4) is 0 Å². The van der Waals surface area contributed by atoms with Crippen LogP contribution in [0.4, 0.5) is 0 Å². The van der Waals surface area contributed by atoms with Crippen molar-refractivity contribution in [2.75, 3.05) is 0 Å². The van der Waals surface area contributed by atoms with E-state index in [4.69, 9.17) is 0 Å². The third kappa shape index (κ3) is 2.07. The number of nitrogens with one attached hydrogen (secondary N) is 1. The highest BCUT2D eigenvalue weighted by Gasteiger charge is 2.61. The van der Waals surface area contributed by atoms with Crippen molar-refractivity contribution in [2.45, 2.75) is 91.1 Å². The van der Waals surface area contributed by atoms with E-state index in [0.29, 0.717) is 10.8 Å². The molecule has 4 atom stereocenters. The van der Waals surface area contributed by atoms with Gasteiger partial charge in [-0.3, -0.25) is 0 Å². The Morgan fingerprint density at radius 2 is 1.68 bits per heavy atom. The average molecular weight is 263 g/mol. The molecule has 0 aromatic carbocycles. The predicted molar refractivity (Wildman–Crippen MR) is 82.2 cm³/mol. The zero-order chi connectivity index (χ0) is 13.7. The van der Waals surface area contributed by atoms with Crippen LogP contribution in [0, 0.1) is 22.7 Å². The highest BCUT2D eigenvalue weighted by atomic mass is 15.0. The minimum atomic E-state index is 0.542. The Hall–Kier alpha value is -0.0400. The van der Waals surface area contributed by atoms with E-state index in [0.717, 1.165) is 23.9 Å². The molecule has 3 fully saturated rings. The fourth-order valence-electron chi connectivity index (χ4n) is 5.54. The van der Waals surface area contributed by atoms with E-state index in [1.54, 1.807) is 0 Å². The Morgan fingerprint density at radius 3 is 2.21 bits per heavy atom. The van der Waals surface area contributed by atoms with Crippen LogP contribution in [0.3, 0.4) is 0 Å². The molecule has 0 spiro atoms. The molecule has 0 aliphatic heterocycles. The van der Waals surface area contributed by atoms with Crippen molar-refractivity contribution in [1.82, 2.24) is 5.32 Å². The Morgan fingerprint density at radius 1 is 1.00 bits per heavy atom. The number of fused-ring (bicyclic) bond motifs is 2. The monoisotopic (exact) mass is 263 g/mol. The van der Waals surface area contributed by atoms with Crippen LogP contribution in [0.25, 0.3) is 0 Å². The molecule has 2 bridgehead atoms. The average Bonchev–Trinajstić information content (AvgIpc) is 2.73. The van der Waals surface area contributed by atoms with Crippen molar-refractivity contribution in [3.05, 3.63) is 0 Å². The van der Waals surface area contributed by atoms with E-state index in [-0.39, 0.29) is 0 Å². The Kier molecular flexibility index (Phi) is 3.48. The molecular formula is C18H33N. The zero-order valence-electron chi connectivity index (χ0n) is 13.5. The minimum absolute atomic E-state index is 0.542.